The third kappa shape index (κ3) is 7.04. The number of hydrogen-bond acceptors (Lipinski definition) is 6. The second-order valence-corrected chi connectivity index (χ2v) is 9.16. The standard InChI is InChI=1S/C23H35N5O3/c1-17-9-10-18(14-25-17)21-19(16-28(26-21)20-8-6-7-13-30-20)15-27(5)12-11-24-22(29)31-23(2,3)4/h9-10,14,16,20H,6-8,11-13,15H2,1-5H3,(H,24,29). The molecule has 1 saturated heterocycles. The van der Waals surface area contributed by atoms with Crippen molar-refractivity contribution in [3.8, 4) is 11.3 Å². The molecular formula is C23H35N5O3. The number of amides is 1. The number of alkyl carbamates (subject to hydrolysis) is 1. The molecule has 1 atom stereocenters. The van der Waals surface area contributed by atoms with Gasteiger partial charge in [0.1, 0.15) is 11.8 Å². The largest absolute Gasteiger partial charge is 0.444 e. The second kappa shape index (κ2) is 10.2. The highest BCUT2D eigenvalue weighted by atomic mass is 16.6. The van der Waals surface area contributed by atoms with Gasteiger partial charge in [0.25, 0.3) is 0 Å². The van der Waals surface area contributed by atoms with Crippen LogP contribution in [-0.4, -0.2) is 58.1 Å². The maximum atomic E-state index is 11.9. The van der Waals surface area contributed by atoms with E-state index in [0.717, 1.165) is 48.4 Å². The van der Waals surface area contributed by atoms with Gasteiger partial charge >= 0.3 is 6.09 Å². The van der Waals surface area contributed by atoms with Gasteiger partial charge in [-0.05, 0) is 66.1 Å². The molecule has 2 aromatic heterocycles. The Morgan fingerprint density at radius 2 is 2.16 bits per heavy atom. The van der Waals surface area contributed by atoms with Gasteiger partial charge in [-0.15, -0.1) is 0 Å². The lowest BCUT2D eigenvalue weighted by atomic mass is 10.1. The van der Waals surface area contributed by atoms with E-state index in [1.165, 1.54) is 0 Å². The number of hydrogen-bond donors (Lipinski definition) is 1. The van der Waals surface area contributed by atoms with E-state index in [9.17, 15) is 4.79 Å². The molecule has 3 rings (SSSR count). The summed E-state index contributed by atoms with van der Waals surface area (Å²) in [5, 5.41) is 7.68. The zero-order valence-electron chi connectivity index (χ0n) is 19.4. The summed E-state index contributed by atoms with van der Waals surface area (Å²) < 4.78 is 13.2. The Bertz CT molecular complexity index is 851. The topological polar surface area (TPSA) is 81.5 Å². The van der Waals surface area contributed by atoms with Crippen molar-refractivity contribution in [1.82, 2.24) is 25.0 Å². The number of ether oxygens (including phenoxy) is 2. The van der Waals surface area contributed by atoms with Gasteiger partial charge in [0.2, 0.25) is 0 Å². The van der Waals surface area contributed by atoms with Crippen LogP contribution in [0.3, 0.4) is 0 Å². The third-order valence-electron chi connectivity index (χ3n) is 5.05. The average Bonchev–Trinajstić information content (AvgIpc) is 3.11. The highest BCUT2D eigenvalue weighted by Gasteiger charge is 2.21. The van der Waals surface area contributed by atoms with E-state index in [1.807, 2.05) is 51.7 Å². The molecule has 3 heterocycles. The van der Waals surface area contributed by atoms with Crippen LogP contribution in [0.2, 0.25) is 0 Å². The highest BCUT2D eigenvalue weighted by molar-refractivity contribution is 5.67. The molecule has 1 aliphatic rings. The first kappa shape index (κ1) is 23.2. The summed E-state index contributed by atoms with van der Waals surface area (Å²) in [6, 6.07) is 4.06. The number of rotatable bonds is 7. The first-order valence-corrected chi connectivity index (χ1v) is 11.0. The Morgan fingerprint density at radius 3 is 2.81 bits per heavy atom. The van der Waals surface area contributed by atoms with Crippen molar-refractivity contribution >= 4 is 6.09 Å². The fourth-order valence-corrected chi connectivity index (χ4v) is 3.51. The Labute approximate surface area is 184 Å². The van der Waals surface area contributed by atoms with Crippen LogP contribution in [0.15, 0.2) is 24.5 Å². The molecule has 1 unspecified atom stereocenters. The predicted molar refractivity (Wildman–Crippen MR) is 120 cm³/mol. The van der Waals surface area contributed by atoms with E-state index in [4.69, 9.17) is 14.6 Å². The van der Waals surface area contributed by atoms with Crippen LogP contribution in [0.5, 0.6) is 0 Å². The van der Waals surface area contributed by atoms with Crippen molar-refractivity contribution in [2.75, 3.05) is 26.7 Å². The van der Waals surface area contributed by atoms with Crippen LogP contribution in [0, 0.1) is 6.92 Å². The summed E-state index contributed by atoms with van der Waals surface area (Å²) >= 11 is 0. The van der Waals surface area contributed by atoms with E-state index in [0.29, 0.717) is 19.6 Å². The Kier molecular flexibility index (Phi) is 7.67. The minimum atomic E-state index is -0.497. The average molecular weight is 430 g/mol. The monoisotopic (exact) mass is 429 g/mol. The fraction of sp³-hybridized carbons (Fsp3) is 0.609. The number of nitrogens with one attached hydrogen (secondary N) is 1. The summed E-state index contributed by atoms with van der Waals surface area (Å²) in [6.45, 7) is 10.2. The maximum Gasteiger partial charge on any atom is 0.407 e. The summed E-state index contributed by atoms with van der Waals surface area (Å²) in [6.07, 6.45) is 6.78. The van der Waals surface area contributed by atoms with Gasteiger partial charge in [-0.2, -0.15) is 5.10 Å². The summed E-state index contributed by atoms with van der Waals surface area (Å²) in [5.41, 5.74) is 3.51. The second-order valence-electron chi connectivity index (χ2n) is 9.16. The van der Waals surface area contributed by atoms with Crippen molar-refractivity contribution < 1.29 is 14.3 Å². The molecule has 170 valence electrons. The van der Waals surface area contributed by atoms with Crippen molar-refractivity contribution in [2.24, 2.45) is 0 Å². The normalized spacial score (nSPS) is 17.0. The minimum absolute atomic E-state index is 0.0150. The van der Waals surface area contributed by atoms with Crippen LogP contribution >= 0.6 is 0 Å². The minimum Gasteiger partial charge on any atom is -0.444 e. The number of carbonyl (C=O) groups is 1. The molecule has 0 aliphatic carbocycles. The molecule has 0 bridgehead atoms. The molecule has 0 radical (unpaired) electrons. The van der Waals surface area contributed by atoms with Crippen molar-refractivity contribution in [2.45, 2.75) is 65.3 Å². The van der Waals surface area contributed by atoms with E-state index in [2.05, 4.69) is 27.5 Å². The van der Waals surface area contributed by atoms with Gasteiger partial charge in [-0.1, -0.05) is 0 Å². The van der Waals surface area contributed by atoms with Gasteiger partial charge < -0.3 is 19.7 Å². The van der Waals surface area contributed by atoms with Gasteiger partial charge in [-0.25, -0.2) is 9.48 Å². The predicted octanol–water partition coefficient (Wildman–Crippen LogP) is 3.91. The van der Waals surface area contributed by atoms with Gasteiger partial charge in [0, 0.05) is 55.5 Å². The summed E-state index contributed by atoms with van der Waals surface area (Å²) in [5.74, 6) is 0. The highest BCUT2D eigenvalue weighted by Crippen LogP contribution is 2.28. The summed E-state index contributed by atoms with van der Waals surface area (Å²) in [4.78, 5) is 18.5. The van der Waals surface area contributed by atoms with Gasteiger partial charge in [0.15, 0.2) is 0 Å². The van der Waals surface area contributed by atoms with Crippen LogP contribution in [0.4, 0.5) is 4.79 Å². The van der Waals surface area contributed by atoms with Crippen LogP contribution < -0.4 is 5.32 Å². The lowest BCUT2D eigenvalue weighted by Crippen LogP contribution is -2.36. The number of pyridine rings is 1. The molecule has 8 heteroatoms. The molecular weight excluding hydrogens is 394 g/mol. The van der Waals surface area contributed by atoms with Gasteiger partial charge in [0.05, 0.1) is 5.69 Å². The third-order valence-corrected chi connectivity index (χ3v) is 5.05. The van der Waals surface area contributed by atoms with E-state index in [-0.39, 0.29) is 6.23 Å². The lowest BCUT2D eigenvalue weighted by Gasteiger charge is -2.22. The van der Waals surface area contributed by atoms with Crippen LogP contribution in [-0.2, 0) is 16.0 Å². The van der Waals surface area contributed by atoms with Crippen molar-refractivity contribution in [1.29, 1.82) is 0 Å². The molecule has 0 saturated carbocycles. The molecule has 0 spiro atoms. The van der Waals surface area contributed by atoms with Gasteiger partial charge in [-0.3, -0.25) is 4.98 Å². The SMILES string of the molecule is Cc1ccc(-c2nn(C3CCCCO3)cc2CN(C)CCNC(=O)OC(C)(C)C)cn1. The van der Waals surface area contributed by atoms with E-state index in [1.54, 1.807) is 0 Å². The number of carbonyl (C=O) groups excluding carboxylic acids is 1. The molecule has 1 N–H and O–H groups in total. The van der Waals surface area contributed by atoms with Crippen molar-refractivity contribution in [3.63, 3.8) is 0 Å². The Balaban J connectivity index is 1.67. The molecule has 0 aromatic carbocycles. The van der Waals surface area contributed by atoms with Crippen LogP contribution in [0.1, 0.15) is 57.5 Å². The van der Waals surface area contributed by atoms with E-state index >= 15 is 0 Å². The number of aromatic nitrogens is 3. The number of nitrogens with zero attached hydrogens (tertiary/aromatic N) is 4. The smallest absolute Gasteiger partial charge is 0.407 e. The molecule has 1 amide bonds. The summed E-state index contributed by atoms with van der Waals surface area (Å²) in [7, 11) is 2.03. The van der Waals surface area contributed by atoms with Crippen LogP contribution in [0.25, 0.3) is 11.3 Å². The molecule has 31 heavy (non-hydrogen) atoms. The Hall–Kier alpha value is -2.45. The van der Waals surface area contributed by atoms with E-state index < -0.39 is 11.7 Å². The first-order chi connectivity index (χ1) is 14.7. The lowest BCUT2D eigenvalue weighted by molar-refractivity contribution is -0.0394. The van der Waals surface area contributed by atoms with Crippen molar-refractivity contribution in [3.05, 3.63) is 35.8 Å². The molecule has 1 aliphatic heterocycles. The first-order valence-electron chi connectivity index (χ1n) is 11.0. The molecule has 1 fully saturated rings. The maximum absolute atomic E-state index is 11.9. The Morgan fingerprint density at radius 1 is 1.35 bits per heavy atom. The number of aryl methyl sites for hydroxylation is 1. The fourth-order valence-electron chi connectivity index (χ4n) is 3.51. The zero-order chi connectivity index (χ0) is 22.4. The zero-order valence-corrected chi connectivity index (χ0v) is 19.4. The number of likely N-dealkylation sites (N-methyl/N-ethyl adjacent to an activating group) is 1. The molecule has 8 nitrogen and oxygen atoms in total. The quantitative estimate of drug-likeness (QED) is 0.719. The molecule has 2 aromatic rings.